The molecular weight excluding hydrogens is 426 g/mol. The first-order valence-corrected chi connectivity index (χ1v) is 10.9. The van der Waals surface area contributed by atoms with Crippen molar-refractivity contribution in [3.05, 3.63) is 85.3 Å². The molecule has 8 heteroatoms. The Kier molecular flexibility index (Phi) is 6.01. The van der Waals surface area contributed by atoms with E-state index in [1.165, 1.54) is 16.7 Å². The van der Waals surface area contributed by atoms with E-state index in [0.717, 1.165) is 24.2 Å². The SMILES string of the molecule is N#CC(C(=O)N1CCCC1)=c1sc(=Cc2ccc(C(=O)O)cc2)c(=O)n1-c1ccccc1. The highest BCUT2D eigenvalue weighted by Gasteiger charge is 2.24. The van der Waals surface area contributed by atoms with Crippen molar-refractivity contribution in [1.82, 2.24) is 9.47 Å². The summed E-state index contributed by atoms with van der Waals surface area (Å²) < 4.78 is 2.03. The zero-order chi connectivity index (χ0) is 22.7. The number of thiazole rings is 1. The number of nitrogens with zero attached hydrogens (tertiary/aromatic N) is 3. The zero-order valence-corrected chi connectivity index (χ0v) is 17.8. The van der Waals surface area contributed by atoms with Gasteiger partial charge in [-0.25, -0.2) is 4.79 Å². The first-order valence-electron chi connectivity index (χ1n) is 10.1. The fourth-order valence-electron chi connectivity index (χ4n) is 3.60. The minimum atomic E-state index is -1.03. The van der Waals surface area contributed by atoms with Gasteiger partial charge in [0.25, 0.3) is 11.5 Å². The normalized spacial score (nSPS) is 14.8. The summed E-state index contributed by atoms with van der Waals surface area (Å²) in [5, 5.41) is 18.9. The smallest absolute Gasteiger partial charge is 0.335 e. The molecule has 1 saturated heterocycles. The summed E-state index contributed by atoms with van der Waals surface area (Å²) in [6.45, 7) is 1.19. The molecule has 3 aromatic rings. The Bertz CT molecular complexity index is 1390. The topological polar surface area (TPSA) is 103 Å². The van der Waals surface area contributed by atoms with Crippen LogP contribution in [0.2, 0.25) is 0 Å². The Balaban J connectivity index is 1.95. The number of benzene rings is 2. The van der Waals surface area contributed by atoms with Crippen molar-refractivity contribution < 1.29 is 14.7 Å². The number of carbonyl (C=O) groups excluding carboxylic acids is 1. The Morgan fingerprint density at radius 1 is 1.03 bits per heavy atom. The maximum Gasteiger partial charge on any atom is 0.335 e. The van der Waals surface area contributed by atoms with Crippen molar-refractivity contribution in [3.8, 4) is 11.8 Å². The monoisotopic (exact) mass is 445 g/mol. The van der Waals surface area contributed by atoms with Gasteiger partial charge in [-0.05, 0) is 48.7 Å². The van der Waals surface area contributed by atoms with E-state index in [0.29, 0.717) is 28.9 Å². The van der Waals surface area contributed by atoms with E-state index in [-0.39, 0.29) is 27.3 Å². The summed E-state index contributed by atoms with van der Waals surface area (Å²) >= 11 is 1.08. The second-order valence-corrected chi connectivity index (χ2v) is 8.34. The summed E-state index contributed by atoms with van der Waals surface area (Å²) in [6, 6.07) is 17.1. The van der Waals surface area contributed by atoms with Gasteiger partial charge in [-0.2, -0.15) is 5.26 Å². The van der Waals surface area contributed by atoms with E-state index in [1.807, 2.05) is 12.1 Å². The van der Waals surface area contributed by atoms with E-state index >= 15 is 0 Å². The van der Waals surface area contributed by atoms with Gasteiger partial charge in [0.1, 0.15) is 10.7 Å². The second kappa shape index (κ2) is 9.04. The average molecular weight is 446 g/mol. The van der Waals surface area contributed by atoms with Gasteiger partial charge in [-0.1, -0.05) is 30.3 Å². The molecule has 32 heavy (non-hydrogen) atoms. The highest BCUT2D eigenvalue weighted by atomic mass is 32.1. The summed E-state index contributed by atoms with van der Waals surface area (Å²) in [7, 11) is 0. The first-order chi connectivity index (χ1) is 15.5. The number of carboxylic acid groups (broad SMARTS) is 1. The molecule has 1 amide bonds. The molecule has 0 saturated carbocycles. The molecule has 1 aliphatic rings. The lowest BCUT2D eigenvalue weighted by atomic mass is 10.1. The number of para-hydroxylation sites is 1. The highest BCUT2D eigenvalue weighted by molar-refractivity contribution is 7.07. The molecule has 2 heterocycles. The van der Waals surface area contributed by atoms with E-state index < -0.39 is 5.97 Å². The van der Waals surface area contributed by atoms with Crippen LogP contribution in [0.25, 0.3) is 17.3 Å². The molecule has 0 unspecified atom stereocenters. The molecule has 1 N–H and O–H groups in total. The fraction of sp³-hybridized carbons (Fsp3) is 0.167. The van der Waals surface area contributed by atoms with Crippen molar-refractivity contribution in [3.63, 3.8) is 0 Å². The van der Waals surface area contributed by atoms with Crippen molar-refractivity contribution in [2.75, 3.05) is 13.1 Å². The Morgan fingerprint density at radius 3 is 2.28 bits per heavy atom. The van der Waals surface area contributed by atoms with Crippen LogP contribution in [-0.4, -0.2) is 39.5 Å². The van der Waals surface area contributed by atoms with Gasteiger partial charge in [0.05, 0.1) is 15.8 Å². The Hall–Kier alpha value is -3.96. The molecule has 160 valence electrons. The van der Waals surface area contributed by atoms with Crippen LogP contribution in [0.4, 0.5) is 0 Å². The predicted octanol–water partition coefficient (Wildman–Crippen LogP) is 1.72. The first kappa shape index (κ1) is 21.3. The molecule has 0 radical (unpaired) electrons. The molecule has 4 rings (SSSR count). The minimum Gasteiger partial charge on any atom is -0.478 e. The van der Waals surface area contributed by atoms with Crippen LogP contribution in [0.15, 0.2) is 59.4 Å². The summed E-state index contributed by atoms with van der Waals surface area (Å²) in [5.41, 5.74) is 0.947. The highest BCUT2D eigenvalue weighted by Crippen LogP contribution is 2.12. The summed E-state index contributed by atoms with van der Waals surface area (Å²) in [5.74, 6) is -1.40. The number of carboxylic acids is 1. The molecule has 1 fully saturated rings. The number of likely N-dealkylation sites (tertiary alicyclic amines) is 1. The van der Waals surface area contributed by atoms with Gasteiger partial charge in [0.15, 0.2) is 5.57 Å². The number of carbonyl (C=O) groups is 2. The van der Waals surface area contributed by atoms with Crippen LogP contribution in [0.5, 0.6) is 0 Å². The van der Waals surface area contributed by atoms with Crippen molar-refractivity contribution in [2.45, 2.75) is 12.8 Å². The van der Waals surface area contributed by atoms with Gasteiger partial charge in [-0.15, -0.1) is 11.3 Å². The minimum absolute atomic E-state index is 0.0567. The van der Waals surface area contributed by atoms with Crippen molar-refractivity contribution >= 4 is 34.9 Å². The van der Waals surface area contributed by atoms with Crippen LogP contribution in [0.1, 0.15) is 28.8 Å². The number of aromatic carboxylic acids is 1. The number of amides is 1. The lowest BCUT2D eigenvalue weighted by molar-refractivity contribution is -0.123. The Labute approximate surface area is 187 Å². The van der Waals surface area contributed by atoms with Crippen molar-refractivity contribution in [1.29, 1.82) is 5.26 Å². The third-order valence-corrected chi connectivity index (χ3v) is 6.32. The van der Waals surface area contributed by atoms with E-state index in [2.05, 4.69) is 0 Å². The van der Waals surface area contributed by atoms with Crippen LogP contribution >= 0.6 is 11.3 Å². The number of nitriles is 1. The molecule has 0 bridgehead atoms. The molecule has 0 spiro atoms. The van der Waals surface area contributed by atoms with Crippen LogP contribution < -0.4 is 14.8 Å². The van der Waals surface area contributed by atoms with Gasteiger partial charge in [0, 0.05) is 13.1 Å². The maximum atomic E-state index is 13.3. The molecule has 1 aliphatic heterocycles. The average Bonchev–Trinajstić information content (AvgIpc) is 3.44. The van der Waals surface area contributed by atoms with Gasteiger partial charge in [0.2, 0.25) is 0 Å². The Morgan fingerprint density at radius 2 is 1.69 bits per heavy atom. The van der Waals surface area contributed by atoms with E-state index in [1.54, 1.807) is 47.4 Å². The quantitative estimate of drug-likeness (QED) is 0.659. The third-order valence-electron chi connectivity index (χ3n) is 5.23. The van der Waals surface area contributed by atoms with E-state index in [9.17, 15) is 19.6 Å². The molecule has 0 atom stereocenters. The second-order valence-electron chi connectivity index (χ2n) is 7.31. The summed E-state index contributed by atoms with van der Waals surface area (Å²) in [4.78, 5) is 39.1. The fourth-order valence-corrected chi connectivity index (χ4v) is 4.70. The number of hydrogen-bond acceptors (Lipinski definition) is 5. The summed E-state index contributed by atoms with van der Waals surface area (Å²) in [6.07, 6.45) is 3.42. The number of hydrogen-bond donors (Lipinski definition) is 1. The molecule has 2 aromatic carbocycles. The predicted molar refractivity (Wildman–Crippen MR) is 121 cm³/mol. The van der Waals surface area contributed by atoms with Crippen LogP contribution in [0.3, 0.4) is 0 Å². The van der Waals surface area contributed by atoms with Gasteiger partial charge < -0.3 is 10.0 Å². The number of rotatable bonds is 4. The largest absolute Gasteiger partial charge is 0.478 e. The van der Waals surface area contributed by atoms with Gasteiger partial charge >= 0.3 is 5.97 Å². The maximum absolute atomic E-state index is 13.3. The lowest BCUT2D eigenvalue weighted by Crippen LogP contribution is -2.35. The molecular formula is C24H19N3O4S. The van der Waals surface area contributed by atoms with Crippen LogP contribution in [-0.2, 0) is 4.79 Å². The molecule has 0 aliphatic carbocycles. The standard InChI is InChI=1S/C24H19N3O4S/c25-15-19(21(28)26-12-4-5-13-26)23-27(18-6-2-1-3-7-18)22(29)20(32-23)14-16-8-10-17(11-9-16)24(30)31/h1-3,6-11,14H,4-5,12-13H2,(H,30,31). The molecule has 7 nitrogen and oxygen atoms in total. The van der Waals surface area contributed by atoms with Crippen molar-refractivity contribution in [2.24, 2.45) is 0 Å². The number of aromatic nitrogens is 1. The lowest BCUT2D eigenvalue weighted by Gasteiger charge is -2.14. The zero-order valence-electron chi connectivity index (χ0n) is 17.0. The third kappa shape index (κ3) is 4.11. The van der Waals surface area contributed by atoms with Gasteiger partial charge in [-0.3, -0.25) is 14.2 Å². The van der Waals surface area contributed by atoms with Crippen LogP contribution in [0, 0.1) is 11.3 Å². The van der Waals surface area contributed by atoms with E-state index in [4.69, 9.17) is 5.11 Å². The molecule has 1 aromatic heterocycles.